The molecule has 0 unspecified atom stereocenters. The highest BCUT2D eigenvalue weighted by Gasteiger charge is 2.05. The monoisotopic (exact) mass is 255 g/mol. The minimum Gasteiger partial charge on any atom is -0.396 e. The predicted molar refractivity (Wildman–Crippen MR) is 62.5 cm³/mol. The molecule has 0 aliphatic carbocycles. The van der Waals surface area contributed by atoms with Crippen LogP contribution in [0.5, 0.6) is 0 Å². The van der Waals surface area contributed by atoms with Gasteiger partial charge in [-0.2, -0.15) is 0 Å². The Bertz CT molecular complexity index is 404. The van der Waals surface area contributed by atoms with Crippen LogP contribution in [0.2, 0.25) is 0 Å². The molecule has 3 N–H and O–H groups in total. The number of aliphatic hydroxyl groups excluding tert-OH is 1. The Kier molecular flexibility index (Phi) is 5.78. The Morgan fingerprint density at radius 3 is 2.78 bits per heavy atom. The molecule has 0 atom stereocenters. The molecule has 1 aromatic heterocycles. The maximum Gasteiger partial charge on any atom is 0.241 e. The highest BCUT2D eigenvalue weighted by Crippen LogP contribution is 1.93. The molecule has 1 heterocycles. The number of aromatic nitrogens is 3. The van der Waals surface area contributed by atoms with Crippen LogP contribution in [0.3, 0.4) is 0 Å². The summed E-state index contributed by atoms with van der Waals surface area (Å²) >= 11 is 0. The maximum absolute atomic E-state index is 11.5. The van der Waals surface area contributed by atoms with Crippen molar-refractivity contribution in [3.8, 4) is 0 Å². The summed E-state index contributed by atoms with van der Waals surface area (Å²) in [7, 11) is 0. The Morgan fingerprint density at radius 2 is 2.11 bits per heavy atom. The molecule has 0 saturated carbocycles. The molecule has 2 amide bonds. The highest BCUT2D eigenvalue weighted by molar-refractivity contribution is 5.76. The Labute approximate surface area is 104 Å². The standard InChI is InChI=1S/C10H17N5O3/c1-8(17)11-3-4-12-10(18)7-15-6-9(2-5-16)13-14-15/h6,16H,2-5,7H2,1H3,(H,11,17)(H,12,18). The minimum atomic E-state index is -0.208. The number of aliphatic hydroxyl groups is 1. The normalized spacial score (nSPS) is 10.1. The van der Waals surface area contributed by atoms with Gasteiger partial charge in [0.2, 0.25) is 11.8 Å². The summed E-state index contributed by atoms with van der Waals surface area (Å²) in [6, 6.07) is 0. The second-order valence-corrected chi connectivity index (χ2v) is 3.71. The Balaban J connectivity index is 2.24. The minimum absolute atomic E-state index is 0.00159. The molecule has 0 radical (unpaired) electrons. The summed E-state index contributed by atoms with van der Waals surface area (Å²) in [6.45, 7) is 2.25. The summed E-state index contributed by atoms with van der Waals surface area (Å²) < 4.78 is 1.40. The first kappa shape index (κ1) is 14.1. The first-order valence-electron chi connectivity index (χ1n) is 5.63. The first-order valence-corrected chi connectivity index (χ1v) is 5.63. The number of amides is 2. The number of carbonyl (C=O) groups is 2. The van der Waals surface area contributed by atoms with Crippen molar-refractivity contribution in [3.05, 3.63) is 11.9 Å². The third-order valence-corrected chi connectivity index (χ3v) is 2.08. The van der Waals surface area contributed by atoms with E-state index in [1.807, 2.05) is 0 Å². The lowest BCUT2D eigenvalue weighted by atomic mass is 10.3. The van der Waals surface area contributed by atoms with Gasteiger partial charge in [-0.3, -0.25) is 9.59 Å². The predicted octanol–water partition coefficient (Wildman–Crippen LogP) is -1.93. The second-order valence-electron chi connectivity index (χ2n) is 3.71. The van der Waals surface area contributed by atoms with E-state index in [9.17, 15) is 9.59 Å². The van der Waals surface area contributed by atoms with Crippen LogP contribution in [0.1, 0.15) is 12.6 Å². The molecule has 1 rings (SSSR count). The fourth-order valence-corrected chi connectivity index (χ4v) is 1.29. The SMILES string of the molecule is CC(=O)NCCNC(=O)Cn1cc(CCO)nn1. The third-order valence-electron chi connectivity index (χ3n) is 2.08. The lowest BCUT2D eigenvalue weighted by Gasteiger charge is -2.05. The number of rotatable bonds is 7. The van der Waals surface area contributed by atoms with E-state index in [0.29, 0.717) is 25.2 Å². The molecule has 0 aliphatic rings. The van der Waals surface area contributed by atoms with Crippen LogP contribution in [-0.2, 0) is 22.6 Å². The van der Waals surface area contributed by atoms with E-state index in [0.717, 1.165) is 0 Å². The van der Waals surface area contributed by atoms with Crippen molar-refractivity contribution in [2.24, 2.45) is 0 Å². The van der Waals surface area contributed by atoms with E-state index in [1.165, 1.54) is 11.6 Å². The van der Waals surface area contributed by atoms with Gasteiger partial charge < -0.3 is 15.7 Å². The van der Waals surface area contributed by atoms with Crippen molar-refractivity contribution in [3.63, 3.8) is 0 Å². The van der Waals surface area contributed by atoms with Crippen LogP contribution in [0.4, 0.5) is 0 Å². The van der Waals surface area contributed by atoms with Crippen LogP contribution in [-0.4, -0.2) is 51.6 Å². The fourth-order valence-electron chi connectivity index (χ4n) is 1.29. The maximum atomic E-state index is 11.5. The summed E-state index contributed by atoms with van der Waals surface area (Å²) in [5.74, 6) is -0.338. The van der Waals surface area contributed by atoms with Crippen LogP contribution in [0.25, 0.3) is 0 Å². The largest absolute Gasteiger partial charge is 0.396 e. The molecule has 0 aromatic carbocycles. The van der Waals surface area contributed by atoms with E-state index < -0.39 is 0 Å². The van der Waals surface area contributed by atoms with Gasteiger partial charge in [0.05, 0.1) is 5.69 Å². The average molecular weight is 255 g/mol. The zero-order chi connectivity index (χ0) is 13.4. The summed E-state index contributed by atoms with van der Waals surface area (Å²) in [5.41, 5.74) is 0.642. The van der Waals surface area contributed by atoms with Gasteiger partial charge in [0.15, 0.2) is 0 Å². The molecule has 8 nitrogen and oxygen atoms in total. The van der Waals surface area contributed by atoms with Crippen molar-refractivity contribution >= 4 is 11.8 Å². The smallest absolute Gasteiger partial charge is 0.241 e. The van der Waals surface area contributed by atoms with E-state index in [-0.39, 0.29) is 25.0 Å². The van der Waals surface area contributed by atoms with Gasteiger partial charge in [-0.1, -0.05) is 5.21 Å². The second kappa shape index (κ2) is 7.38. The van der Waals surface area contributed by atoms with Crippen molar-refractivity contribution in [1.29, 1.82) is 0 Å². The summed E-state index contributed by atoms with van der Waals surface area (Å²) in [6.07, 6.45) is 2.04. The molecular formula is C10H17N5O3. The molecular weight excluding hydrogens is 238 g/mol. The lowest BCUT2D eigenvalue weighted by molar-refractivity contribution is -0.122. The Morgan fingerprint density at radius 1 is 1.39 bits per heavy atom. The van der Waals surface area contributed by atoms with E-state index in [2.05, 4.69) is 20.9 Å². The van der Waals surface area contributed by atoms with Crippen molar-refractivity contribution in [2.75, 3.05) is 19.7 Å². The number of nitrogens with zero attached hydrogens (tertiary/aromatic N) is 3. The van der Waals surface area contributed by atoms with Gasteiger partial charge in [0, 0.05) is 39.2 Å². The summed E-state index contributed by atoms with van der Waals surface area (Å²) in [4.78, 5) is 22.0. The molecule has 0 saturated heterocycles. The molecule has 100 valence electrons. The zero-order valence-corrected chi connectivity index (χ0v) is 10.2. The molecule has 0 spiro atoms. The van der Waals surface area contributed by atoms with Gasteiger partial charge in [0.25, 0.3) is 0 Å². The van der Waals surface area contributed by atoms with Crippen LogP contribution >= 0.6 is 0 Å². The van der Waals surface area contributed by atoms with Crippen molar-refractivity contribution in [1.82, 2.24) is 25.6 Å². The number of hydrogen-bond donors (Lipinski definition) is 3. The molecule has 18 heavy (non-hydrogen) atoms. The van der Waals surface area contributed by atoms with E-state index in [1.54, 1.807) is 6.20 Å². The summed E-state index contributed by atoms with van der Waals surface area (Å²) in [5, 5.41) is 21.5. The molecule has 8 heteroatoms. The van der Waals surface area contributed by atoms with E-state index >= 15 is 0 Å². The highest BCUT2D eigenvalue weighted by atomic mass is 16.3. The van der Waals surface area contributed by atoms with Crippen molar-refractivity contribution in [2.45, 2.75) is 19.9 Å². The van der Waals surface area contributed by atoms with Crippen LogP contribution in [0, 0.1) is 0 Å². The van der Waals surface area contributed by atoms with Gasteiger partial charge in [-0.15, -0.1) is 5.10 Å². The molecule has 1 aromatic rings. The zero-order valence-electron chi connectivity index (χ0n) is 10.2. The number of carbonyl (C=O) groups excluding carboxylic acids is 2. The van der Waals surface area contributed by atoms with Crippen LogP contribution in [0.15, 0.2) is 6.20 Å². The average Bonchev–Trinajstić information content (AvgIpc) is 2.72. The van der Waals surface area contributed by atoms with Gasteiger partial charge in [0.1, 0.15) is 6.54 Å². The van der Waals surface area contributed by atoms with Crippen LogP contribution < -0.4 is 10.6 Å². The fraction of sp³-hybridized carbons (Fsp3) is 0.600. The topological polar surface area (TPSA) is 109 Å². The number of hydrogen-bond acceptors (Lipinski definition) is 5. The Hall–Kier alpha value is -1.96. The third kappa shape index (κ3) is 5.39. The lowest BCUT2D eigenvalue weighted by Crippen LogP contribution is -2.35. The molecule has 0 fully saturated rings. The quantitative estimate of drug-likeness (QED) is 0.491. The van der Waals surface area contributed by atoms with Gasteiger partial charge in [-0.25, -0.2) is 4.68 Å². The van der Waals surface area contributed by atoms with E-state index in [4.69, 9.17) is 5.11 Å². The number of nitrogens with one attached hydrogen (secondary N) is 2. The van der Waals surface area contributed by atoms with Gasteiger partial charge >= 0.3 is 0 Å². The van der Waals surface area contributed by atoms with Gasteiger partial charge in [-0.05, 0) is 0 Å². The first-order chi connectivity index (χ1) is 8.61. The molecule has 0 aliphatic heterocycles. The molecule has 0 bridgehead atoms. The van der Waals surface area contributed by atoms with Crippen molar-refractivity contribution < 1.29 is 14.7 Å².